The number of anilines is 1. The molecule has 0 bridgehead atoms. The van der Waals surface area contributed by atoms with Gasteiger partial charge in [-0.2, -0.15) is 4.31 Å². The highest BCUT2D eigenvalue weighted by Crippen LogP contribution is 2.35. The minimum Gasteiger partial charge on any atom is -0.492 e. The van der Waals surface area contributed by atoms with Crippen LogP contribution in [0.25, 0.3) is 0 Å². The van der Waals surface area contributed by atoms with Gasteiger partial charge in [0.05, 0.1) is 42.6 Å². The van der Waals surface area contributed by atoms with Crippen molar-refractivity contribution < 1.29 is 35.8 Å². The van der Waals surface area contributed by atoms with Crippen molar-refractivity contribution in [2.24, 2.45) is 0 Å². The number of hydrogen-bond donors (Lipinski definition) is 1. The fraction of sp³-hybridized carbons (Fsp3) is 0.435. The molecule has 2 aromatic carbocycles. The molecule has 2 aliphatic heterocycles. The van der Waals surface area contributed by atoms with E-state index in [0.717, 1.165) is 0 Å². The van der Waals surface area contributed by atoms with Gasteiger partial charge in [0.15, 0.2) is 6.10 Å². The molecule has 1 N–H and O–H groups in total. The van der Waals surface area contributed by atoms with Crippen LogP contribution in [0.15, 0.2) is 53.4 Å². The van der Waals surface area contributed by atoms with Gasteiger partial charge >= 0.3 is 0 Å². The summed E-state index contributed by atoms with van der Waals surface area (Å²) in [5.41, 5.74) is 0.408. The molecule has 2 aliphatic rings. The number of nitrogens with zero attached hydrogens (tertiary/aromatic N) is 2. The molecule has 0 spiro atoms. The summed E-state index contributed by atoms with van der Waals surface area (Å²) in [6.45, 7) is 3.07. The maximum absolute atomic E-state index is 12.7. The van der Waals surface area contributed by atoms with E-state index in [0.29, 0.717) is 43.5 Å². The summed E-state index contributed by atoms with van der Waals surface area (Å²) >= 11 is 0. The third-order valence-corrected chi connectivity index (χ3v) is 9.49. The summed E-state index contributed by atoms with van der Waals surface area (Å²) in [5.74, 6) is 0.213. The Hall–Kier alpha value is -2.87. The predicted octanol–water partition coefficient (Wildman–Crippen LogP) is 0.820. The van der Waals surface area contributed by atoms with E-state index in [-0.39, 0.29) is 30.3 Å². The monoisotopic (exact) mass is 539 g/mol. The first-order valence-corrected chi connectivity index (χ1v) is 14.6. The highest BCUT2D eigenvalue weighted by molar-refractivity contribution is 7.92. The molecule has 0 saturated carbocycles. The van der Waals surface area contributed by atoms with E-state index in [2.05, 4.69) is 5.32 Å². The number of amides is 1. The Bertz CT molecular complexity index is 1280. The van der Waals surface area contributed by atoms with Crippen molar-refractivity contribution in [2.75, 3.05) is 56.1 Å². The molecule has 13 heteroatoms. The Morgan fingerprint density at radius 2 is 1.75 bits per heavy atom. The molecule has 1 atom stereocenters. The Balaban J connectivity index is 1.30. The van der Waals surface area contributed by atoms with Gasteiger partial charge in [0.1, 0.15) is 18.1 Å². The molecule has 0 aliphatic carbocycles. The molecule has 1 saturated heterocycles. The fourth-order valence-electron chi connectivity index (χ4n) is 3.86. The van der Waals surface area contributed by atoms with E-state index in [1.807, 2.05) is 0 Å². The minimum atomic E-state index is -3.59. The van der Waals surface area contributed by atoms with E-state index in [4.69, 9.17) is 14.2 Å². The maximum Gasteiger partial charge on any atom is 0.263 e. The number of rotatable bonds is 9. The van der Waals surface area contributed by atoms with Gasteiger partial charge in [0.25, 0.3) is 5.91 Å². The minimum absolute atomic E-state index is 0.101. The lowest BCUT2D eigenvalue weighted by Crippen LogP contribution is -2.51. The van der Waals surface area contributed by atoms with Crippen LogP contribution in [0.4, 0.5) is 5.69 Å². The molecule has 4 rings (SSSR count). The molecule has 0 radical (unpaired) electrons. The fourth-order valence-corrected chi connectivity index (χ4v) is 6.39. The SMILES string of the molecule is CCS(=O)(=O)N1C[C@@H](C(=O)NCCOc2ccc(S(=O)(=O)N3CCOCC3)cc2)Oc2ccccc21. The van der Waals surface area contributed by atoms with Crippen LogP contribution in [0.2, 0.25) is 0 Å². The lowest BCUT2D eigenvalue weighted by Gasteiger charge is -2.34. The van der Waals surface area contributed by atoms with Crippen LogP contribution in [0.1, 0.15) is 6.92 Å². The Morgan fingerprint density at radius 1 is 1.06 bits per heavy atom. The highest BCUT2D eigenvalue weighted by Gasteiger charge is 2.35. The highest BCUT2D eigenvalue weighted by atomic mass is 32.2. The quantitative estimate of drug-likeness (QED) is 0.464. The average molecular weight is 540 g/mol. The third kappa shape index (κ3) is 5.75. The van der Waals surface area contributed by atoms with Crippen LogP contribution in [-0.2, 0) is 29.6 Å². The van der Waals surface area contributed by atoms with Gasteiger partial charge in [-0.05, 0) is 43.3 Å². The average Bonchev–Trinajstić information content (AvgIpc) is 2.91. The van der Waals surface area contributed by atoms with E-state index >= 15 is 0 Å². The lowest BCUT2D eigenvalue weighted by atomic mass is 10.2. The molecule has 196 valence electrons. The van der Waals surface area contributed by atoms with Gasteiger partial charge in [-0.25, -0.2) is 16.8 Å². The molecule has 11 nitrogen and oxygen atoms in total. The van der Waals surface area contributed by atoms with E-state index < -0.39 is 32.1 Å². The second kappa shape index (κ2) is 11.0. The number of fused-ring (bicyclic) bond motifs is 1. The van der Waals surface area contributed by atoms with E-state index in [1.54, 1.807) is 43.3 Å². The zero-order valence-corrected chi connectivity index (χ0v) is 21.5. The van der Waals surface area contributed by atoms with Crippen molar-refractivity contribution >= 4 is 31.6 Å². The second-order valence-corrected chi connectivity index (χ2v) is 12.3. The molecule has 2 heterocycles. The Kier molecular flexibility index (Phi) is 8.03. The number of morpholine rings is 1. The van der Waals surface area contributed by atoms with Crippen LogP contribution in [0.5, 0.6) is 11.5 Å². The third-order valence-electron chi connectivity index (χ3n) is 5.83. The maximum atomic E-state index is 12.7. The first-order chi connectivity index (χ1) is 17.2. The topological polar surface area (TPSA) is 132 Å². The number of carbonyl (C=O) groups is 1. The molecule has 1 amide bonds. The largest absolute Gasteiger partial charge is 0.492 e. The zero-order valence-electron chi connectivity index (χ0n) is 19.8. The van der Waals surface area contributed by atoms with Gasteiger partial charge < -0.3 is 19.5 Å². The number of para-hydroxylation sites is 2. The standard InChI is InChI=1S/C23H29N3O8S2/c1-2-35(28,29)26-17-22(34-21-6-4-3-5-20(21)26)23(27)24-11-14-33-18-7-9-19(10-8-18)36(30,31)25-12-15-32-16-13-25/h3-10,22H,2,11-17H2,1H3,(H,24,27)/t22-/m0/s1. The first-order valence-electron chi connectivity index (χ1n) is 11.6. The Labute approximate surface area is 211 Å². The van der Waals surface area contributed by atoms with Crippen molar-refractivity contribution in [3.05, 3.63) is 48.5 Å². The number of carbonyl (C=O) groups excluding carboxylic acids is 1. The summed E-state index contributed by atoms with van der Waals surface area (Å²) in [5, 5.41) is 2.70. The number of sulfonamides is 2. The molecule has 0 unspecified atom stereocenters. The Morgan fingerprint density at radius 3 is 2.44 bits per heavy atom. The van der Waals surface area contributed by atoms with Gasteiger partial charge in [-0.1, -0.05) is 12.1 Å². The van der Waals surface area contributed by atoms with Crippen LogP contribution < -0.4 is 19.1 Å². The van der Waals surface area contributed by atoms with Crippen LogP contribution in [0.3, 0.4) is 0 Å². The summed E-state index contributed by atoms with van der Waals surface area (Å²) in [7, 11) is -7.17. The van der Waals surface area contributed by atoms with Crippen molar-refractivity contribution in [3.8, 4) is 11.5 Å². The lowest BCUT2D eigenvalue weighted by molar-refractivity contribution is -0.127. The number of nitrogens with one attached hydrogen (secondary N) is 1. The second-order valence-electron chi connectivity index (χ2n) is 8.13. The number of ether oxygens (including phenoxy) is 3. The first kappa shape index (κ1) is 26.2. The van der Waals surface area contributed by atoms with Gasteiger partial charge in [-0.3, -0.25) is 9.10 Å². The van der Waals surface area contributed by atoms with Gasteiger partial charge in [0, 0.05) is 13.1 Å². The zero-order chi connectivity index (χ0) is 25.8. The molecule has 36 heavy (non-hydrogen) atoms. The van der Waals surface area contributed by atoms with Crippen LogP contribution >= 0.6 is 0 Å². The van der Waals surface area contributed by atoms with Crippen molar-refractivity contribution in [3.63, 3.8) is 0 Å². The normalized spacial score (nSPS) is 18.7. The number of hydrogen-bond acceptors (Lipinski definition) is 8. The molecular formula is C23H29N3O8S2. The summed E-state index contributed by atoms with van der Waals surface area (Å²) in [6, 6.07) is 12.8. The van der Waals surface area contributed by atoms with E-state index in [1.165, 1.54) is 20.7 Å². The van der Waals surface area contributed by atoms with Gasteiger partial charge in [-0.15, -0.1) is 0 Å². The summed E-state index contributed by atoms with van der Waals surface area (Å²) in [4.78, 5) is 12.9. The predicted molar refractivity (Wildman–Crippen MR) is 132 cm³/mol. The molecule has 2 aromatic rings. The molecule has 0 aromatic heterocycles. The number of benzene rings is 2. The smallest absolute Gasteiger partial charge is 0.263 e. The van der Waals surface area contributed by atoms with Gasteiger partial charge in [0.2, 0.25) is 20.0 Å². The molecular weight excluding hydrogens is 510 g/mol. The summed E-state index contributed by atoms with van der Waals surface area (Å²) < 4.78 is 69.7. The summed E-state index contributed by atoms with van der Waals surface area (Å²) in [6.07, 6.45) is -1.01. The van der Waals surface area contributed by atoms with Crippen molar-refractivity contribution in [1.82, 2.24) is 9.62 Å². The van der Waals surface area contributed by atoms with E-state index in [9.17, 15) is 21.6 Å². The molecule has 1 fully saturated rings. The van der Waals surface area contributed by atoms with Crippen molar-refractivity contribution in [1.29, 1.82) is 0 Å². The van der Waals surface area contributed by atoms with Crippen molar-refractivity contribution in [2.45, 2.75) is 17.9 Å². The van der Waals surface area contributed by atoms with Crippen LogP contribution in [0, 0.1) is 0 Å². The van der Waals surface area contributed by atoms with Crippen LogP contribution in [-0.4, -0.2) is 84.9 Å².